The molecule has 0 aliphatic carbocycles. The van der Waals surface area contributed by atoms with E-state index in [4.69, 9.17) is 4.74 Å². The van der Waals surface area contributed by atoms with Crippen LogP contribution in [0.15, 0.2) is 83.8 Å². The molecule has 0 spiro atoms. The zero-order chi connectivity index (χ0) is 23.3. The van der Waals surface area contributed by atoms with E-state index in [9.17, 15) is 23.3 Å². The van der Waals surface area contributed by atoms with E-state index in [2.05, 4.69) is 5.32 Å². The van der Waals surface area contributed by atoms with Crippen LogP contribution in [-0.2, 0) is 14.6 Å². The fourth-order valence-corrected chi connectivity index (χ4v) is 4.17. The van der Waals surface area contributed by atoms with Gasteiger partial charge in [0.1, 0.15) is 5.75 Å². The topological polar surface area (TPSA) is 119 Å². The zero-order valence-electron chi connectivity index (χ0n) is 17.3. The molecule has 0 saturated heterocycles. The van der Waals surface area contributed by atoms with Gasteiger partial charge in [-0.15, -0.1) is 0 Å². The second-order valence-corrected chi connectivity index (χ2v) is 8.98. The van der Waals surface area contributed by atoms with Crippen LogP contribution in [0.1, 0.15) is 0 Å². The molecule has 0 fully saturated rings. The number of ether oxygens (including phenoxy) is 1. The van der Waals surface area contributed by atoms with Gasteiger partial charge in [-0.25, -0.2) is 8.42 Å². The first-order valence-electron chi connectivity index (χ1n) is 9.47. The fraction of sp³-hybridized carbons (Fsp3) is 0.136. The second-order valence-electron chi connectivity index (χ2n) is 6.99. The summed E-state index contributed by atoms with van der Waals surface area (Å²) in [5, 5.41) is 13.4. The number of anilines is 2. The Labute approximate surface area is 185 Å². The highest BCUT2D eigenvalue weighted by molar-refractivity contribution is 7.92. The Balaban J connectivity index is 1.92. The third kappa shape index (κ3) is 5.22. The molecule has 9 nitrogen and oxygen atoms in total. The van der Waals surface area contributed by atoms with Crippen molar-refractivity contribution in [3.8, 4) is 5.75 Å². The normalized spacial score (nSPS) is 11.9. The van der Waals surface area contributed by atoms with Gasteiger partial charge in [-0.05, 0) is 48.5 Å². The first kappa shape index (κ1) is 22.8. The van der Waals surface area contributed by atoms with Crippen LogP contribution in [0.3, 0.4) is 0 Å². The van der Waals surface area contributed by atoms with E-state index in [1.807, 2.05) is 19.0 Å². The van der Waals surface area contributed by atoms with E-state index in [-0.39, 0.29) is 16.3 Å². The van der Waals surface area contributed by atoms with Crippen molar-refractivity contribution >= 4 is 32.8 Å². The molecule has 0 heterocycles. The summed E-state index contributed by atoms with van der Waals surface area (Å²) in [5.74, 6) is -0.900. The number of carbonyl (C=O) groups is 1. The Morgan fingerprint density at radius 2 is 1.56 bits per heavy atom. The Bertz CT molecular complexity index is 1190. The van der Waals surface area contributed by atoms with Crippen LogP contribution in [0.2, 0.25) is 0 Å². The monoisotopic (exact) mass is 455 g/mol. The van der Waals surface area contributed by atoms with Gasteiger partial charge in [0.25, 0.3) is 17.0 Å². The lowest BCUT2D eigenvalue weighted by Crippen LogP contribution is -2.40. The molecule has 1 atom stereocenters. The zero-order valence-corrected chi connectivity index (χ0v) is 18.2. The maximum atomic E-state index is 13.2. The fourth-order valence-electron chi connectivity index (χ4n) is 2.81. The van der Waals surface area contributed by atoms with Gasteiger partial charge in [-0.1, -0.05) is 18.2 Å². The molecule has 0 aliphatic heterocycles. The lowest BCUT2D eigenvalue weighted by molar-refractivity contribution is -0.384. The maximum absolute atomic E-state index is 13.2. The van der Waals surface area contributed by atoms with E-state index in [0.717, 1.165) is 5.69 Å². The van der Waals surface area contributed by atoms with E-state index >= 15 is 0 Å². The molecule has 0 bridgehead atoms. The Hall–Kier alpha value is -3.92. The van der Waals surface area contributed by atoms with Crippen LogP contribution in [0.25, 0.3) is 0 Å². The van der Waals surface area contributed by atoms with Crippen LogP contribution in [0.4, 0.5) is 17.1 Å². The van der Waals surface area contributed by atoms with E-state index < -0.39 is 26.1 Å². The van der Waals surface area contributed by atoms with Gasteiger partial charge in [0.05, 0.1) is 9.82 Å². The summed E-state index contributed by atoms with van der Waals surface area (Å²) in [4.78, 5) is 25.1. The molecule has 1 amide bonds. The van der Waals surface area contributed by atoms with Crippen molar-refractivity contribution in [3.05, 3.63) is 89.0 Å². The van der Waals surface area contributed by atoms with Crippen molar-refractivity contribution < 1.29 is 22.9 Å². The molecule has 0 aromatic heterocycles. The molecular weight excluding hydrogens is 434 g/mol. The standard InChI is InChI=1S/C22H21N3O6S/c1-24(2)17-10-8-16(9-11-17)23-21(26)22(32(29,30)20-6-4-3-5-7-20)31-19-14-12-18(13-15-19)25(27)28/h3-15,22H,1-2H3,(H,23,26). The van der Waals surface area contributed by atoms with Crippen molar-refractivity contribution in [2.45, 2.75) is 10.3 Å². The first-order chi connectivity index (χ1) is 15.2. The first-order valence-corrected chi connectivity index (χ1v) is 11.0. The van der Waals surface area contributed by atoms with Crippen molar-refractivity contribution in [3.63, 3.8) is 0 Å². The number of sulfone groups is 1. The van der Waals surface area contributed by atoms with Crippen LogP contribution in [0.5, 0.6) is 5.75 Å². The average molecular weight is 455 g/mol. The highest BCUT2D eigenvalue weighted by atomic mass is 32.2. The number of carbonyl (C=O) groups excluding carboxylic acids is 1. The third-order valence-electron chi connectivity index (χ3n) is 4.51. The number of nitro groups is 1. The average Bonchev–Trinajstić information content (AvgIpc) is 2.78. The molecule has 32 heavy (non-hydrogen) atoms. The Morgan fingerprint density at radius 3 is 2.09 bits per heavy atom. The predicted molar refractivity (Wildman–Crippen MR) is 121 cm³/mol. The van der Waals surface area contributed by atoms with E-state index in [1.54, 1.807) is 30.3 Å². The van der Waals surface area contributed by atoms with Crippen LogP contribution >= 0.6 is 0 Å². The smallest absolute Gasteiger partial charge is 0.281 e. The summed E-state index contributed by atoms with van der Waals surface area (Å²) >= 11 is 0. The van der Waals surface area contributed by atoms with Crippen molar-refractivity contribution in [1.82, 2.24) is 0 Å². The summed E-state index contributed by atoms with van der Waals surface area (Å²) in [6, 6.07) is 19.1. The Morgan fingerprint density at radius 1 is 0.969 bits per heavy atom. The SMILES string of the molecule is CN(C)c1ccc(NC(=O)C(Oc2ccc([N+](=O)[O-])cc2)S(=O)(=O)c2ccccc2)cc1. The number of benzene rings is 3. The van der Waals surface area contributed by atoms with Gasteiger partial charge in [-0.2, -0.15) is 0 Å². The molecule has 3 rings (SSSR count). The van der Waals surface area contributed by atoms with Gasteiger partial charge in [0, 0.05) is 37.6 Å². The molecule has 1 N–H and O–H groups in total. The molecular formula is C22H21N3O6S. The summed E-state index contributed by atoms with van der Waals surface area (Å²) in [5.41, 5.74) is -0.815. The lowest BCUT2D eigenvalue weighted by Gasteiger charge is -2.19. The molecule has 1 unspecified atom stereocenters. The van der Waals surface area contributed by atoms with E-state index in [1.165, 1.54) is 48.5 Å². The summed E-state index contributed by atoms with van der Waals surface area (Å²) in [6.45, 7) is 0. The molecule has 3 aromatic rings. The molecule has 166 valence electrons. The van der Waals surface area contributed by atoms with Gasteiger partial charge in [0.2, 0.25) is 9.84 Å². The number of hydrogen-bond acceptors (Lipinski definition) is 7. The molecule has 10 heteroatoms. The van der Waals surface area contributed by atoms with Crippen molar-refractivity contribution in [2.75, 3.05) is 24.3 Å². The van der Waals surface area contributed by atoms with Gasteiger partial charge < -0.3 is 15.0 Å². The Kier molecular flexibility index (Phi) is 6.74. The minimum absolute atomic E-state index is 0.00166. The molecule has 0 aliphatic rings. The number of nitro benzene ring substituents is 1. The van der Waals surface area contributed by atoms with Gasteiger partial charge in [-0.3, -0.25) is 14.9 Å². The minimum Gasteiger partial charge on any atom is -0.464 e. The quantitative estimate of drug-likeness (QED) is 0.408. The van der Waals surface area contributed by atoms with Crippen LogP contribution in [0, 0.1) is 10.1 Å². The molecule has 3 aromatic carbocycles. The number of hydrogen-bond donors (Lipinski definition) is 1. The number of rotatable bonds is 8. The highest BCUT2D eigenvalue weighted by Crippen LogP contribution is 2.24. The minimum atomic E-state index is -4.24. The number of non-ortho nitro benzene ring substituents is 1. The number of amides is 1. The van der Waals surface area contributed by atoms with Crippen molar-refractivity contribution in [2.24, 2.45) is 0 Å². The summed E-state index contributed by atoms with van der Waals surface area (Å²) < 4.78 is 31.9. The third-order valence-corrected chi connectivity index (χ3v) is 6.31. The van der Waals surface area contributed by atoms with Crippen LogP contribution < -0.4 is 15.0 Å². The van der Waals surface area contributed by atoms with Gasteiger partial charge in [0.15, 0.2) is 0 Å². The summed E-state index contributed by atoms with van der Waals surface area (Å²) in [6.07, 6.45) is 0. The summed E-state index contributed by atoms with van der Waals surface area (Å²) in [7, 11) is -0.505. The number of nitrogens with zero attached hydrogens (tertiary/aromatic N) is 2. The van der Waals surface area contributed by atoms with Crippen molar-refractivity contribution in [1.29, 1.82) is 0 Å². The highest BCUT2D eigenvalue weighted by Gasteiger charge is 2.36. The van der Waals surface area contributed by atoms with Gasteiger partial charge >= 0.3 is 0 Å². The maximum Gasteiger partial charge on any atom is 0.281 e. The van der Waals surface area contributed by atoms with E-state index in [0.29, 0.717) is 5.69 Å². The van der Waals surface area contributed by atoms with Crippen LogP contribution in [-0.4, -0.2) is 38.8 Å². The molecule has 0 radical (unpaired) electrons. The number of nitrogens with one attached hydrogen (secondary N) is 1. The predicted octanol–water partition coefficient (Wildman–Crippen LogP) is 3.48. The lowest BCUT2D eigenvalue weighted by atomic mass is 10.2. The second kappa shape index (κ2) is 9.48. The largest absolute Gasteiger partial charge is 0.464 e. The molecule has 0 saturated carbocycles.